The van der Waals surface area contributed by atoms with E-state index < -0.39 is 11.4 Å². The fourth-order valence-electron chi connectivity index (χ4n) is 2.36. The fraction of sp³-hybridized carbons (Fsp3) is 0.833. The summed E-state index contributed by atoms with van der Waals surface area (Å²) in [5.74, 6) is -0.662. The molecule has 0 aliphatic heterocycles. The molecule has 4 nitrogen and oxygen atoms in total. The van der Waals surface area contributed by atoms with Crippen molar-refractivity contribution >= 4 is 11.9 Å². The maximum Gasteiger partial charge on any atom is 0.311 e. The Morgan fingerprint density at radius 3 is 2.25 bits per heavy atom. The highest BCUT2D eigenvalue weighted by Gasteiger charge is 2.51. The average molecular weight is 225 g/mol. The summed E-state index contributed by atoms with van der Waals surface area (Å²) >= 11 is 0. The van der Waals surface area contributed by atoms with E-state index in [0.29, 0.717) is 19.4 Å². The Morgan fingerprint density at radius 2 is 1.94 bits per heavy atom. The Hall–Kier alpha value is -1.06. The van der Waals surface area contributed by atoms with Crippen molar-refractivity contribution in [2.75, 3.05) is 6.54 Å². The second-order valence-electron chi connectivity index (χ2n) is 5.90. The lowest BCUT2D eigenvalue weighted by Crippen LogP contribution is -2.48. The fourth-order valence-corrected chi connectivity index (χ4v) is 2.36. The zero-order valence-corrected chi connectivity index (χ0v) is 9.88. The normalized spacial score (nSPS) is 29.0. The highest BCUT2D eigenvalue weighted by molar-refractivity contribution is 5.83. The quantitative estimate of drug-likeness (QED) is 0.760. The number of hydrogen-bond acceptors (Lipinski definition) is 2. The van der Waals surface area contributed by atoms with Crippen LogP contribution in [0.5, 0.6) is 0 Å². The van der Waals surface area contributed by atoms with E-state index in [9.17, 15) is 9.59 Å². The first-order valence-electron chi connectivity index (χ1n) is 5.89. The zero-order valence-electron chi connectivity index (χ0n) is 9.88. The van der Waals surface area contributed by atoms with Gasteiger partial charge in [0, 0.05) is 12.5 Å². The number of hydrogen-bond donors (Lipinski definition) is 2. The highest BCUT2D eigenvalue weighted by Crippen LogP contribution is 2.51. The molecule has 0 saturated heterocycles. The third kappa shape index (κ3) is 1.81. The molecule has 2 aliphatic rings. The number of carbonyl (C=O) groups excluding carboxylic acids is 1. The Labute approximate surface area is 95.4 Å². The molecule has 0 bridgehead atoms. The third-order valence-electron chi connectivity index (χ3n) is 4.20. The Bertz CT molecular complexity index is 331. The lowest BCUT2D eigenvalue weighted by Gasteiger charge is -2.37. The summed E-state index contributed by atoms with van der Waals surface area (Å²) < 4.78 is 0. The van der Waals surface area contributed by atoms with E-state index in [0.717, 1.165) is 12.8 Å². The van der Waals surface area contributed by atoms with Crippen molar-refractivity contribution in [3.63, 3.8) is 0 Å². The minimum absolute atomic E-state index is 0.0255. The molecule has 4 heteroatoms. The summed E-state index contributed by atoms with van der Waals surface area (Å²) in [7, 11) is 0. The van der Waals surface area contributed by atoms with Crippen molar-refractivity contribution in [3.8, 4) is 0 Å². The number of carbonyl (C=O) groups is 2. The molecule has 0 heterocycles. The molecule has 2 rings (SSSR count). The maximum absolute atomic E-state index is 11.7. The first kappa shape index (κ1) is 11.4. The third-order valence-corrected chi connectivity index (χ3v) is 4.20. The highest BCUT2D eigenvalue weighted by atomic mass is 16.4. The number of carboxylic acid groups (broad SMARTS) is 1. The van der Waals surface area contributed by atoms with Crippen LogP contribution < -0.4 is 5.32 Å². The minimum Gasteiger partial charge on any atom is -0.481 e. The summed E-state index contributed by atoms with van der Waals surface area (Å²) in [5.41, 5.74) is -0.561. The number of nitrogens with one attached hydrogen (secondary N) is 1. The summed E-state index contributed by atoms with van der Waals surface area (Å²) in [6.45, 7) is 4.43. The maximum atomic E-state index is 11.7. The number of rotatable bonds is 4. The number of carboxylic acids is 1. The van der Waals surface area contributed by atoms with E-state index in [1.54, 1.807) is 0 Å². The van der Waals surface area contributed by atoms with Gasteiger partial charge in [0.15, 0.2) is 0 Å². The van der Waals surface area contributed by atoms with Crippen molar-refractivity contribution in [1.29, 1.82) is 0 Å². The molecule has 0 spiro atoms. The first-order chi connectivity index (χ1) is 7.37. The van der Waals surface area contributed by atoms with Crippen LogP contribution in [-0.2, 0) is 9.59 Å². The predicted octanol–water partition coefficient (Wildman–Crippen LogP) is 1.40. The van der Waals surface area contributed by atoms with E-state index in [4.69, 9.17) is 5.11 Å². The topological polar surface area (TPSA) is 66.4 Å². The molecule has 2 aliphatic carbocycles. The van der Waals surface area contributed by atoms with Crippen molar-refractivity contribution < 1.29 is 14.7 Å². The predicted molar refractivity (Wildman–Crippen MR) is 58.8 cm³/mol. The monoisotopic (exact) mass is 225 g/mol. The van der Waals surface area contributed by atoms with Crippen molar-refractivity contribution in [3.05, 3.63) is 0 Å². The van der Waals surface area contributed by atoms with Crippen LogP contribution in [0.2, 0.25) is 0 Å². The molecule has 1 unspecified atom stereocenters. The van der Waals surface area contributed by atoms with Crippen LogP contribution in [0.15, 0.2) is 0 Å². The molecular weight excluding hydrogens is 206 g/mol. The van der Waals surface area contributed by atoms with Crippen LogP contribution in [0.3, 0.4) is 0 Å². The van der Waals surface area contributed by atoms with Crippen LogP contribution in [0.4, 0.5) is 0 Å². The van der Waals surface area contributed by atoms with Gasteiger partial charge in [-0.2, -0.15) is 0 Å². The van der Waals surface area contributed by atoms with E-state index in [1.807, 2.05) is 0 Å². The Kier molecular flexibility index (Phi) is 2.48. The summed E-state index contributed by atoms with van der Waals surface area (Å²) in [5, 5.41) is 11.9. The van der Waals surface area contributed by atoms with Gasteiger partial charge in [-0.3, -0.25) is 9.59 Å². The zero-order chi connectivity index (χ0) is 12.0. The van der Waals surface area contributed by atoms with Crippen LogP contribution in [-0.4, -0.2) is 23.5 Å². The second kappa shape index (κ2) is 3.47. The SMILES string of the molecule is CC1(C)CC1C(=O)NCC1(C(=O)O)CCC1. The summed E-state index contributed by atoms with van der Waals surface area (Å²) in [6.07, 6.45) is 3.25. The molecular formula is C12H19NO3. The van der Waals surface area contributed by atoms with Gasteiger partial charge < -0.3 is 10.4 Å². The molecule has 0 aromatic rings. The van der Waals surface area contributed by atoms with Crippen LogP contribution in [0.1, 0.15) is 39.5 Å². The number of amides is 1. The largest absolute Gasteiger partial charge is 0.481 e. The lowest BCUT2D eigenvalue weighted by atomic mass is 9.69. The molecule has 2 N–H and O–H groups in total. The van der Waals surface area contributed by atoms with Gasteiger partial charge in [-0.05, 0) is 24.7 Å². The molecule has 1 amide bonds. The molecule has 90 valence electrons. The van der Waals surface area contributed by atoms with E-state index in [1.165, 1.54) is 0 Å². The standard InChI is InChI=1S/C12H19NO3/c1-11(2)6-8(11)9(14)13-7-12(10(15)16)4-3-5-12/h8H,3-7H2,1-2H3,(H,13,14)(H,15,16). The van der Waals surface area contributed by atoms with Gasteiger partial charge in [0.1, 0.15) is 0 Å². The van der Waals surface area contributed by atoms with Crippen LogP contribution in [0.25, 0.3) is 0 Å². The van der Waals surface area contributed by atoms with Crippen molar-refractivity contribution in [2.24, 2.45) is 16.7 Å². The van der Waals surface area contributed by atoms with E-state index >= 15 is 0 Å². The van der Waals surface area contributed by atoms with Crippen LogP contribution in [0, 0.1) is 16.7 Å². The Balaban J connectivity index is 1.83. The molecule has 1 atom stereocenters. The minimum atomic E-state index is -0.769. The van der Waals surface area contributed by atoms with Crippen molar-refractivity contribution in [1.82, 2.24) is 5.32 Å². The van der Waals surface area contributed by atoms with Gasteiger partial charge in [-0.15, -0.1) is 0 Å². The van der Waals surface area contributed by atoms with Gasteiger partial charge in [0.2, 0.25) is 5.91 Å². The first-order valence-corrected chi connectivity index (χ1v) is 5.89. The van der Waals surface area contributed by atoms with Gasteiger partial charge in [-0.25, -0.2) is 0 Å². The van der Waals surface area contributed by atoms with Gasteiger partial charge in [0.25, 0.3) is 0 Å². The molecule has 0 radical (unpaired) electrons. The van der Waals surface area contributed by atoms with Gasteiger partial charge in [-0.1, -0.05) is 20.3 Å². The van der Waals surface area contributed by atoms with Gasteiger partial charge >= 0.3 is 5.97 Å². The second-order valence-corrected chi connectivity index (χ2v) is 5.90. The van der Waals surface area contributed by atoms with Crippen LogP contribution >= 0.6 is 0 Å². The smallest absolute Gasteiger partial charge is 0.311 e. The molecule has 0 aromatic heterocycles. The Morgan fingerprint density at radius 1 is 1.38 bits per heavy atom. The summed E-state index contributed by atoms with van der Waals surface area (Å²) in [4.78, 5) is 22.8. The lowest BCUT2D eigenvalue weighted by molar-refractivity contribution is -0.154. The summed E-state index contributed by atoms with van der Waals surface area (Å²) in [6, 6.07) is 0. The number of aliphatic carboxylic acids is 1. The average Bonchev–Trinajstić information content (AvgIpc) is 2.72. The molecule has 0 aromatic carbocycles. The molecule has 2 fully saturated rings. The van der Waals surface area contributed by atoms with Crippen molar-refractivity contribution in [2.45, 2.75) is 39.5 Å². The molecule has 2 saturated carbocycles. The van der Waals surface area contributed by atoms with E-state index in [-0.39, 0.29) is 17.2 Å². The van der Waals surface area contributed by atoms with Gasteiger partial charge in [0.05, 0.1) is 5.41 Å². The molecule has 16 heavy (non-hydrogen) atoms. The van der Waals surface area contributed by atoms with E-state index in [2.05, 4.69) is 19.2 Å².